The van der Waals surface area contributed by atoms with Crippen LogP contribution in [0.5, 0.6) is 0 Å². The zero-order valence-electron chi connectivity index (χ0n) is 19.5. The first-order valence-electron chi connectivity index (χ1n) is 11.2. The number of carboxylic acid groups (broad SMARTS) is 1. The number of aryl methyl sites for hydroxylation is 1. The number of fused-ring (bicyclic) bond motifs is 1. The van der Waals surface area contributed by atoms with Gasteiger partial charge in [0.1, 0.15) is 6.54 Å². The highest BCUT2D eigenvalue weighted by Crippen LogP contribution is 2.40. The van der Waals surface area contributed by atoms with Gasteiger partial charge < -0.3 is 5.11 Å². The fourth-order valence-corrected chi connectivity index (χ4v) is 4.36. The van der Waals surface area contributed by atoms with Gasteiger partial charge in [0.15, 0.2) is 5.71 Å². The van der Waals surface area contributed by atoms with E-state index in [1.165, 1.54) is 16.8 Å². The summed E-state index contributed by atoms with van der Waals surface area (Å²) in [5, 5.41) is 8.90. The number of carboxylic acids is 1. The van der Waals surface area contributed by atoms with E-state index in [1.54, 1.807) is 11.8 Å². The number of unbranched alkanes of at least 4 members (excludes halogenated alkanes) is 2. The molecule has 32 heavy (non-hydrogen) atoms. The molecule has 0 saturated heterocycles. The number of hydrogen-bond donors (Lipinski definition) is 1. The normalized spacial score (nSPS) is 14.6. The first kappa shape index (κ1) is 23.5. The van der Waals surface area contributed by atoms with Gasteiger partial charge in [0.2, 0.25) is 11.6 Å². The van der Waals surface area contributed by atoms with Crippen molar-refractivity contribution in [2.75, 3.05) is 11.4 Å². The maximum atomic E-state index is 12.4. The van der Waals surface area contributed by atoms with E-state index in [0.29, 0.717) is 6.42 Å². The molecule has 0 radical (unpaired) electrons. The number of carbonyl (C=O) groups excluding carboxylic acids is 1. The number of hydrogen-bond acceptors (Lipinski definition) is 2. The molecule has 0 saturated carbocycles. The molecule has 3 rings (SSSR count). The van der Waals surface area contributed by atoms with Crippen molar-refractivity contribution < 1.29 is 19.3 Å². The fourth-order valence-electron chi connectivity index (χ4n) is 4.36. The van der Waals surface area contributed by atoms with Gasteiger partial charge in [-0.1, -0.05) is 29.8 Å². The molecule has 0 aromatic heterocycles. The summed E-state index contributed by atoms with van der Waals surface area (Å²) in [7, 11) is 0. The summed E-state index contributed by atoms with van der Waals surface area (Å²) in [6.07, 6.45) is 6.59. The smallest absolute Gasteiger partial charge is 0.303 e. The molecule has 5 nitrogen and oxygen atoms in total. The number of rotatable bonds is 9. The highest BCUT2D eigenvalue weighted by Gasteiger charge is 2.44. The average molecular weight is 434 g/mol. The number of aliphatic carboxylic acids is 1. The Morgan fingerprint density at radius 2 is 1.78 bits per heavy atom. The Balaban J connectivity index is 1.94. The van der Waals surface area contributed by atoms with Crippen molar-refractivity contribution in [3.8, 4) is 0 Å². The lowest BCUT2D eigenvalue weighted by Crippen LogP contribution is -2.29. The number of allylic oxidation sites excluding steroid dienone is 1. The van der Waals surface area contributed by atoms with Crippen LogP contribution in [0, 0.1) is 6.92 Å². The predicted octanol–water partition coefficient (Wildman–Crippen LogP) is 5.58. The van der Waals surface area contributed by atoms with Gasteiger partial charge in [-0.25, -0.2) is 0 Å². The lowest BCUT2D eigenvalue weighted by Gasteiger charge is -2.19. The quantitative estimate of drug-likeness (QED) is 0.415. The summed E-state index contributed by atoms with van der Waals surface area (Å²) in [4.78, 5) is 24.8. The van der Waals surface area contributed by atoms with E-state index >= 15 is 0 Å². The molecule has 1 amide bonds. The Morgan fingerprint density at radius 1 is 1.06 bits per heavy atom. The van der Waals surface area contributed by atoms with Gasteiger partial charge in [0.25, 0.3) is 0 Å². The van der Waals surface area contributed by atoms with Gasteiger partial charge in [-0.15, -0.1) is 0 Å². The van der Waals surface area contributed by atoms with Crippen molar-refractivity contribution in [2.24, 2.45) is 0 Å². The van der Waals surface area contributed by atoms with Gasteiger partial charge in [0.05, 0.1) is 5.41 Å². The third-order valence-corrected chi connectivity index (χ3v) is 6.07. The molecule has 0 fully saturated rings. The molecule has 1 heterocycles. The molecule has 0 unspecified atom stereocenters. The molecule has 5 heteroatoms. The third kappa shape index (κ3) is 5.16. The van der Waals surface area contributed by atoms with Crippen molar-refractivity contribution in [1.29, 1.82) is 0 Å². The van der Waals surface area contributed by atoms with Crippen LogP contribution in [0.3, 0.4) is 0 Å². The van der Waals surface area contributed by atoms with Crippen molar-refractivity contribution >= 4 is 29.0 Å². The van der Waals surface area contributed by atoms with Gasteiger partial charge in [0, 0.05) is 49.4 Å². The van der Waals surface area contributed by atoms with Crippen LogP contribution in [0.2, 0.25) is 0 Å². The number of carbonyl (C=O) groups is 2. The summed E-state index contributed by atoms with van der Waals surface area (Å²) >= 11 is 0. The van der Waals surface area contributed by atoms with Gasteiger partial charge in [-0.3, -0.25) is 14.5 Å². The number of amides is 1. The van der Waals surface area contributed by atoms with Gasteiger partial charge in [-0.05, 0) is 51.8 Å². The van der Waals surface area contributed by atoms with Crippen LogP contribution in [0.1, 0.15) is 57.6 Å². The van der Waals surface area contributed by atoms with Crippen molar-refractivity contribution in [3.63, 3.8) is 0 Å². The number of para-hydroxylation sites is 1. The maximum Gasteiger partial charge on any atom is 0.303 e. The van der Waals surface area contributed by atoms with Crippen molar-refractivity contribution in [1.82, 2.24) is 0 Å². The van der Waals surface area contributed by atoms with E-state index in [2.05, 4.69) is 49.6 Å². The van der Waals surface area contributed by atoms with Crippen LogP contribution < -0.4 is 4.90 Å². The van der Waals surface area contributed by atoms with Gasteiger partial charge in [-0.2, -0.15) is 4.58 Å². The molecule has 1 aliphatic heterocycles. The van der Waals surface area contributed by atoms with Crippen LogP contribution in [-0.2, 0) is 15.0 Å². The molecule has 0 bridgehead atoms. The molecule has 0 spiro atoms. The van der Waals surface area contributed by atoms with Crippen LogP contribution in [0.4, 0.5) is 11.4 Å². The molecule has 2 aromatic rings. The summed E-state index contributed by atoms with van der Waals surface area (Å²) in [5.74, 6) is -0.786. The SMILES string of the molecule is CC(=O)N(/C=C/C1=[N+](CCCCCC(=O)O)c2ccc(C)cc2C1(C)C)c1ccccc1. The lowest BCUT2D eigenvalue weighted by molar-refractivity contribution is -0.438. The molecule has 168 valence electrons. The van der Waals surface area contributed by atoms with Crippen LogP contribution in [-0.4, -0.2) is 33.8 Å². The van der Waals surface area contributed by atoms with E-state index in [9.17, 15) is 9.59 Å². The first-order valence-corrected chi connectivity index (χ1v) is 11.2. The summed E-state index contributed by atoms with van der Waals surface area (Å²) < 4.78 is 2.33. The van der Waals surface area contributed by atoms with E-state index in [0.717, 1.165) is 30.8 Å². The lowest BCUT2D eigenvalue weighted by atomic mass is 9.81. The van der Waals surface area contributed by atoms with Crippen LogP contribution >= 0.6 is 0 Å². The second-order valence-electron chi connectivity index (χ2n) is 8.93. The molecule has 1 aliphatic rings. The minimum absolute atomic E-state index is 0.0440. The zero-order chi connectivity index (χ0) is 23.3. The number of benzene rings is 2. The van der Waals surface area contributed by atoms with E-state index in [4.69, 9.17) is 5.11 Å². The van der Waals surface area contributed by atoms with Crippen LogP contribution in [0.15, 0.2) is 60.8 Å². The van der Waals surface area contributed by atoms with Crippen LogP contribution in [0.25, 0.3) is 0 Å². The topological polar surface area (TPSA) is 60.6 Å². The minimum Gasteiger partial charge on any atom is -0.481 e. The summed E-state index contributed by atoms with van der Waals surface area (Å²) in [6, 6.07) is 16.2. The second-order valence-corrected chi connectivity index (χ2v) is 8.93. The van der Waals surface area contributed by atoms with E-state index in [-0.39, 0.29) is 17.7 Å². The Hall–Kier alpha value is -3.21. The molecular weight excluding hydrogens is 400 g/mol. The Bertz CT molecular complexity index is 1050. The Labute approximate surface area is 190 Å². The molecule has 2 aromatic carbocycles. The third-order valence-electron chi connectivity index (χ3n) is 6.07. The van der Waals surface area contributed by atoms with Crippen molar-refractivity contribution in [3.05, 3.63) is 71.9 Å². The second kappa shape index (κ2) is 9.94. The Morgan fingerprint density at radius 3 is 2.44 bits per heavy atom. The summed E-state index contributed by atoms with van der Waals surface area (Å²) in [6.45, 7) is 8.92. The molecule has 0 atom stereocenters. The molecule has 0 aliphatic carbocycles. The molecule has 1 N–H and O–H groups in total. The maximum absolute atomic E-state index is 12.4. The summed E-state index contributed by atoms with van der Waals surface area (Å²) in [5.41, 5.74) is 5.44. The monoisotopic (exact) mass is 433 g/mol. The average Bonchev–Trinajstić information content (AvgIpc) is 2.94. The largest absolute Gasteiger partial charge is 0.481 e. The predicted molar refractivity (Wildman–Crippen MR) is 129 cm³/mol. The minimum atomic E-state index is -0.742. The van der Waals surface area contributed by atoms with Gasteiger partial charge >= 0.3 is 5.97 Å². The van der Waals surface area contributed by atoms with E-state index in [1.807, 2.05) is 36.5 Å². The number of nitrogens with zero attached hydrogens (tertiary/aromatic N) is 2. The Kier molecular flexibility index (Phi) is 7.29. The number of anilines is 1. The fraction of sp³-hybridized carbons (Fsp3) is 0.370. The highest BCUT2D eigenvalue weighted by molar-refractivity contribution is 6.04. The van der Waals surface area contributed by atoms with Crippen molar-refractivity contribution in [2.45, 2.75) is 58.8 Å². The molecular formula is C27H33N2O3+. The standard InChI is InChI=1S/C27H32N2O3/c1-20-14-15-24-23(19-20)27(3,4)25(29(24)17-10-6-9-13-26(31)32)16-18-28(21(2)30)22-11-7-5-8-12-22/h5,7-8,11-12,14-16,18-19H,6,9-10,13,17H2,1-4H3/p+1. The zero-order valence-corrected chi connectivity index (χ0v) is 19.5. The van der Waals surface area contributed by atoms with E-state index < -0.39 is 5.97 Å². The highest BCUT2D eigenvalue weighted by atomic mass is 16.4. The first-order chi connectivity index (χ1) is 15.2.